The molecule has 0 saturated carbocycles. The first-order valence-electron chi connectivity index (χ1n) is 4.76. The second-order valence-corrected chi connectivity index (χ2v) is 3.95. The lowest BCUT2D eigenvalue weighted by molar-refractivity contribution is 0.0517. The smallest absolute Gasteiger partial charge is 0.358 e. The zero-order chi connectivity index (χ0) is 10.8. The van der Waals surface area contributed by atoms with Gasteiger partial charge in [-0.25, -0.2) is 9.78 Å². The summed E-state index contributed by atoms with van der Waals surface area (Å²) in [5, 5.41) is 5.23. The van der Waals surface area contributed by atoms with Crippen LogP contribution in [-0.4, -0.2) is 27.2 Å². The minimum absolute atomic E-state index is 0.358. The molecule has 0 aromatic carbocycles. The van der Waals surface area contributed by atoms with Crippen molar-refractivity contribution in [1.82, 2.24) is 14.6 Å². The molecular formula is C9H11N3O2S. The second-order valence-electron chi connectivity index (χ2n) is 2.91. The van der Waals surface area contributed by atoms with Gasteiger partial charge in [0.25, 0.3) is 0 Å². The zero-order valence-electron chi connectivity index (χ0n) is 8.56. The highest BCUT2D eigenvalue weighted by molar-refractivity contribution is 7.16. The second kappa shape index (κ2) is 3.98. The van der Waals surface area contributed by atoms with Crippen LogP contribution in [0.25, 0.3) is 4.96 Å². The van der Waals surface area contributed by atoms with Crippen LogP contribution in [0.2, 0.25) is 0 Å². The molecule has 0 radical (unpaired) electrons. The molecule has 0 spiro atoms. The number of carbonyl (C=O) groups excluding carboxylic acids is 1. The highest BCUT2D eigenvalue weighted by Crippen LogP contribution is 2.16. The van der Waals surface area contributed by atoms with Gasteiger partial charge in [0.1, 0.15) is 5.01 Å². The summed E-state index contributed by atoms with van der Waals surface area (Å²) in [5.41, 5.74) is 0.391. The number of fused-ring (bicyclic) bond motifs is 1. The number of aromatic nitrogens is 3. The third kappa shape index (κ3) is 1.72. The maximum atomic E-state index is 11.5. The van der Waals surface area contributed by atoms with Crippen molar-refractivity contribution in [3.8, 4) is 0 Å². The summed E-state index contributed by atoms with van der Waals surface area (Å²) in [6.45, 7) is 4.15. The molecule has 0 N–H and O–H groups in total. The Kier molecular flexibility index (Phi) is 2.68. The van der Waals surface area contributed by atoms with Gasteiger partial charge in [0.15, 0.2) is 5.69 Å². The molecule has 0 fully saturated rings. The topological polar surface area (TPSA) is 56.5 Å². The number of nitrogens with zero attached hydrogens (tertiary/aromatic N) is 3. The van der Waals surface area contributed by atoms with Crippen molar-refractivity contribution in [3.63, 3.8) is 0 Å². The Labute approximate surface area is 90.7 Å². The maximum Gasteiger partial charge on any atom is 0.358 e. The molecule has 0 saturated heterocycles. The van der Waals surface area contributed by atoms with Crippen molar-refractivity contribution in [2.24, 2.45) is 0 Å². The van der Waals surface area contributed by atoms with Gasteiger partial charge >= 0.3 is 5.97 Å². The first-order chi connectivity index (χ1) is 7.26. The average molecular weight is 225 g/mol. The monoisotopic (exact) mass is 225 g/mol. The quantitative estimate of drug-likeness (QED) is 0.743. The Hall–Kier alpha value is -1.43. The Morgan fingerprint density at radius 1 is 1.60 bits per heavy atom. The first-order valence-corrected chi connectivity index (χ1v) is 5.58. The highest BCUT2D eigenvalue weighted by atomic mass is 32.1. The number of aryl methyl sites for hydroxylation is 1. The molecule has 2 aromatic heterocycles. The minimum Gasteiger partial charge on any atom is -0.461 e. The third-order valence-electron chi connectivity index (χ3n) is 1.91. The lowest BCUT2D eigenvalue weighted by Crippen LogP contribution is -2.08. The predicted octanol–water partition coefficient (Wildman–Crippen LogP) is 1.53. The standard InChI is InChI=1S/C9H11N3O2S/c1-3-7-11-12-6(8(13)14-4-2)5-10-9(12)15-7/h5H,3-4H2,1-2H3. The number of hydrogen-bond acceptors (Lipinski definition) is 5. The number of carbonyl (C=O) groups is 1. The molecule has 2 heterocycles. The van der Waals surface area contributed by atoms with Crippen molar-refractivity contribution < 1.29 is 9.53 Å². The van der Waals surface area contributed by atoms with Crippen LogP contribution in [0.4, 0.5) is 0 Å². The van der Waals surface area contributed by atoms with Crippen molar-refractivity contribution in [2.45, 2.75) is 20.3 Å². The highest BCUT2D eigenvalue weighted by Gasteiger charge is 2.16. The summed E-state index contributed by atoms with van der Waals surface area (Å²) in [6.07, 6.45) is 2.34. The molecule has 0 unspecified atom stereocenters. The lowest BCUT2D eigenvalue weighted by atomic mass is 10.5. The van der Waals surface area contributed by atoms with E-state index < -0.39 is 0 Å². The number of imidazole rings is 1. The van der Waals surface area contributed by atoms with E-state index in [0.29, 0.717) is 12.3 Å². The molecule has 0 bridgehead atoms. The van der Waals surface area contributed by atoms with E-state index in [1.165, 1.54) is 17.5 Å². The molecule has 80 valence electrons. The van der Waals surface area contributed by atoms with Gasteiger partial charge < -0.3 is 4.74 Å². The van der Waals surface area contributed by atoms with E-state index in [1.54, 1.807) is 11.4 Å². The number of ether oxygens (including phenoxy) is 1. The Morgan fingerprint density at radius 3 is 3.07 bits per heavy atom. The fraction of sp³-hybridized carbons (Fsp3) is 0.444. The van der Waals surface area contributed by atoms with Crippen molar-refractivity contribution >= 4 is 22.3 Å². The van der Waals surface area contributed by atoms with Gasteiger partial charge in [-0.15, -0.1) is 0 Å². The van der Waals surface area contributed by atoms with Crippen LogP contribution in [0.5, 0.6) is 0 Å². The summed E-state index contributed by atoms with van der Waals surface area (Å²) in [4.78, 5) is 16.3. The van der Waals surface area contributed by atoms with Gasteiger partial charge in [-0.2, -0.15) is 9.61 Å². The minimum atomic E-state index is -0.377. The van der Waals surface area contributed by atoms with Gasteiger partial charge in [0.2, 0.25) is 4.96 Å². The molecular weight excluding hydrogens is 214 g/mol. The van der Waals surface area contributed by atoms with Crippen molar-refractivity contribution in [3.05, 3.63) is 16.9 Å². The van der Waals surface area contributed by atoms with Crippen LogP contribution in [0.1, 0.15) is 29.3 Å². The van der Waals surface area contributed by atoms with Gasteiger partial charge in [0.05, 0.1) is 12.8 Å². The molecule has 0 aliphatic rings. The largest absolute Gasteiger partial charge is 0.461 e. The number of rotatable bonds is 3. The van der Waals surface area contributed by atoms with E-state index in [9.17, 15) is 4.79 Å². The molecule has 2 rings (SSSR count). The predicted molar refractivity (Wildman–Crippen MR) is 56.2 cm³/mol. The zero-order valence-corrected chi connectivity index (χ0v) is 9.37. The fourth-order valence-electron chi connectivity index (χ4n) is 1.22. The Morgan fingerprint density at radius 2 is 2.40 bits per heavy atom. The third-order valence-corrected chi connectivity index (χ3v) is 2.98. The summed E-state index contributed by atoms with van der Waals surface area (Å²) >= 11 is 1.49. The van der Waals surface area contributed by atoms with Crippen LogP contribution >= 0.6 is 11.3 Å². The maximum absolute atomic E-state index is 11.5. The van der Waals surface area contributed by atoms with E-state index in [0.717, 1.165) is 16.4 Å². The molecule has 15 heavy (non-hydrogen) atoms. The van der Waals surface area contributed by atoms with Gasteiger partial charge in [-0.3, -0.25) is 0 Å². The molecule has 0 aliphatic carbocycles. The fourth-order valence-corrected chi connectivity index (χ4v) is 2.03. The van der Waals surface area contributed by atoms with Gasteiger partial charge in [0, 0.05) is 0 Å². The summed E-state index contributed by atoms with van der Waals surface area (Å²) < 4.78 is 6.45. The van der Waals surface area contributed by atoms with E-state index in [2.05, 4.69) is 10.1 Å². The van der Waals surface area contributed by atoms with E-state index in [4.69, 9.17) is 4.74 Å². The molecule has 5 nitrogen and oxygen atoms in total. The summed E-state index contributed by atoms with van der Waals surface area (Å²) in [5.74, 6) is -0.377. The van der Waals surface area contributed by atoms with Crippen molar-refractivity contribution in [2.75, 3.05) is 6.61 Å². The lowest BCUT2D eigenvalue weighted by Gasteiger charge is -1.97. The normalized spacial score (nSPS) is 10.8. The van der Waals surface area contributed by atoms with Crippen LogP contribution in [0.3, 0.4) is 0 Å². The van der Waals surface area contributed by atoms with E-state index in [-0.39, 0.29) is 5.97 Å². The summed E-state index contributed by atoms with van der Waals surface area (Å²) in [7, 11) is 0. The molecule has 0 aliphatic heterocycles. The molecule has 0 atom stereocenters. The Balaban J connectivity index is 2.42. The van der Waals surface area contributed by atoms with E-state index in [1.807, 2.05) is 6.92 Å². The SMILES string of the molecule is CCOC(=O)c1cnc2sc(CC)nn12. The average Bonchev–Trinajstić information content (AvgIpc) is 2.75. The van der Waals surface area contributed by atoms with Crippen molar-refractivity contribution in [1.29, 1.82) is 0 Å². The molecule has 2 aromatic rings. The summed E-state index contributed by atoms with van der Waals surface area (Å²) in [6, 6.07) is 0. The Bertz CT molecular complexity index is 488. The number of hydrogen-bond donors (Lipinski definition) is 0. The number of esters is 1. The van der Waals surface area contributed by atoms with E-state index >= 15 is 0 Å². The molecule has 6 heteroatoms. The van der Waals surface area contributed by atoms with Crippen LogP contribution in [0.15, 0.2) is 6.20 Å². The van der Waals surface area contributed by atoms with Gasteiger partial charge in [-0.1, -0.05) is 18.3 Å². The van der Waals surface area contributed by atoms with Crippen LogP contribution in [0, 0.1) is 0 Å². The van der Waals surface area contributed by atoms with Crippen LogP contribution in [-0.2, 0) is 11.2 Å². The van der Waals surface area contributed by atoms with Crippen LogP contribution < -0.4 is 0 Å². The molecule has 0 amide bonds. The first kappa shape index (κ1) is 10.1. The van der Waals surface area contributed by atoms with Gasteiger partial charge in [-0.05, 0) is 13.3 Å².